The maximum Gasteiger partial charge on any atom is 0.302 e. The van der Waals surface area contributed by atoms with Gasteiger partial charge < -0.3 is 4.74 Å². The van der Waals surface area contributed by atoms with E-state index in [1.165, 1.54) is 13.0 Å². The fourth-order valence-corrected chi connectivity index (χ4v) is 1.34. The third-order valence-electron chi connectivity index (χ3n) is 2.11. The van der Waals surface area contributed by atoms with E-state index in [-0.39, 0.29) is 18.3 Å². The van der Waals surface area contributed by atoms with Crippen molar-refractivity contribution in [3.63, 3.8) is 0 Å². The normalized spacial score (nSPS) is 10.5. The van der Waals surface area contributed by atoms with Crippen LogP contribution in [0.4, 0.5) is 5.69 Å². The summed E-state index contributed by atoms with van der Waals surface area (Å²) in [5.41, 5.74) is 1.53. The van der Waals surface area contributed by atoms with Crippen molar-refractivity contribution in [1.29, 1.82) is 0 Å². The maximum atomic E-state index is 10.6. The summed E-state index contributed by atoms with van der Waals surface area (Å²) >= 11 is 0. The third kappa shape index (κ3) is 4.06. The number of rotatable bonds is 4. The van der Waals surface area contributed by atoms with E-state index in [9.17, 15) is 14.9 Å². The molecule has 17 heavy (non-hydrogen) atoms. The van der Waals surface area contributed by atoms with E-state index in [0.717, 1.165) is 5.56 Å². The summed E-state index contributed by atoms with van der Waals surface area (Å²) < 4.78 is 4.72. The van der Waals surface area contributed by atoms with Gasteiger partial charge in [-0.25, -0.2) is 0 Å². The van der Waals surface area contributed by atoms with E-state index in [1.807, 2.05) is 0 Å². The van der Waals surface area contributed by atoms with Gasteiger partial charge in [-0.2, -0.15) is 0 Å². The number of nitro groups is 1. The highest BCUT2D eigenvalue weighted by atomic mass is 16.6. The first kappa shape index (κ1) is 12.9. The quantitative estimate of drug-likeness (QED) is 0.456. The number of ether oxygens (including phenoxy) is 1. The molecule has 90 valence electrons. The zero-order chi connectivity index (χ0) is 12.8. The predicted octanol–water partition coefficient (Wildman–Crippen LogP) is 2.48. The molecule has 0 radical (unpaired) electrons. The summed E-state index contributed by atoms with van der Waals surface area (Å²) in [7, 11) is 0. The molecule has 0 amide bonds. The molecule has 0 saturated heterocycles. The second kappa shape index (κ2) is 5.79. The molecule has 0 spiro atoms. The smallest absolute Gasteiger partial charge is 0.302 e. The van der Waals surface area contributed by atoms with Crippen molar-refractivity contribution in [3.05, 3.63) is 45.5 Å². The molecule has 1 aromatic carbocycles. The average Bonchev–Trinajstić information content (AvgIpc) is 2.23. The molecule has 1 aromatic rings. The fourth-order valence-electron chi connectivity index (χ4n) is 1.34. The minimum Gasteiger partial charge on any atom is -0.462 e. The highest BCUT2D eigenvalue weighted by Gasteiger charge is 2.08. The van der Waals surface area contributed by atoms with E-state index in [1.54, 1.807) is 31.2 Å². The number of hydrogen-bond donors (Lipinski definition) is 0. The van der Waals surface area contributed by atoms with E-state index in [4.69, 9.17) is 4.74 Å². The van der Waals surface area contributed by atoms with Gasteiger partial charge in [-0.1, -0.05) is 6.08 Å². The van der Waals surface area contributed by atoms with E-state index in [2.05, 4.69) is 0 Å². The summed E-state index contributed by atoms with van der Waals surface area (Å²) in [5, 5.41) is 10.6. The Hall–Kier alpha value is -2.17. The monoisotopic (exact) mass is 235 g/mol. The molecular formula is C12H13NO4. The molecule has 0 aliphatic rings. The number of nitrogens with zero attached hydrogens (tertiary/aromatic N) is 1. The number of esters is 1. The highest BCUT2D eigenvalue weighted by molar-refractivity contribution is 5.66. The number of aryl methyl sites for hydroxylation is 1. The molecule has 0 saturated carbocycles. The molecule has 0 unspecified atom stereocenters. The summed E-state index contributed by atoms with van der Waals surface area (Å²) in [4.78, 5) is 20.7. The van der Waals surface area contributed by atoms with Gasteiger partial charge in [-0.15, -0.1) is 0 Å². The highest BCUT2D eigenvalue weighted by Crippen LogP contribution is 2.19. The molecule has 5 nitrogen and oxygen atoms in total. The molecular weight excluding hydrogens is 222 g/mol. The summed E-state index contributed by atoms with van der Waals surface area (Å²) in [6.45, 7) is 3.22. The van der Waals surface area contributed by atoms with E-state index in [0.29, 0.717) is 5.56 Å². The van der Waals surface area contributed by atoms with Crippen LogP contribution in [0, 0.1) is 17.0 Å². The van der Waals surface area contributed by atoms with Crippen LogP contribution in [-0.4, -0.2) is 17.5 Å². The van der Waals surface area contributed by atoms with Crippen LogP contribution in [0.3, 0.4) is 0 Å². The zero-order valence-electron chi connectivity index (χ0n) is 9.67. The molecule has 5 heteroatoms. The van der Waals surface area contributed by atoms with Gasteiger partial charge in [0.05, 0.1) is 4.92 Å². The fraction of sp³-hybridized carbons (Fsp3) is 0.250. The van der Waals surface area contributed by atoms with Crippen molar-refractivity contribution in [3.8, 4) is 0 Å². The van der Waals surface area contributed by atoms with Crippen LogP contribution in [0.25, 0.3) is 6.08 Å². The predicted molar refractivity (Wildman–Crippen MR) is 63.5 cm³/mol. The molecule has 0 N–H and O–H groups in total. The standard InChI is InChI=1S/C12H13NO4/c1-9-8-11(4-3-7-17-10(2)14)5-6-12(9)13(15)16/h3-6,8H,7H2,1-2H3/b4-3+. The second-order valence-electron chi connectivity index (χ2n) is 3.51. The van der Waals surface area contributed by atoms with Crippen molar-refractivity contribution in [1.82, 2.24) is 0 Å². The van der Waals surface area contributed by atoms with Gasteiger partial charge in [-0.3, -0.25) is 14.9 Å². The molecule has 1 rings (SSSR count). The van der Waals surface area contributed by atoms with Crippen molar-refractivity contribution in [2.75, 3.05) is 6.61 Å². The van der Waals surface area contributed by atoms with Gasteiger partial charge in [0.15, 0.2) is 0 Å². The van der Waals surface area contributed by atoms with Gasteiger partial charge in [0.25, 0.3) is 5.69 Å². The SMILES string of the molecule is CC(=O)OC/C=C/c1ccc([N+](=O)[O-])c(C)c1. The molecule has 0 aromatic heterocycles. The third-order valence-corrected chi connectivity index (χ3v) is 2.11. The van der Waals surface area contributed by atoms with Gasteiger partial charge in [0, 0.05) is 18.6 Å². The lowest BCUT2D eigenvalue weighted by Crippen LogP contribution is -1.97. The Morgan fingerprint density at radius 1 is 1.53 bits per heavy atom. The van der Waals surface area contributed by atoms with Gasteiger partial charge in [0.1, 0.15) is 6.61 Å². The summed E-state index contributed by atoms with van der Waals surface area (Å²) in [5.74, 6) is -0.338. The minimum atomic E-state index is -0.415. The first-order valence-electron chi connectivity index (χ1n) is 5.05. The van der Waals surface area contributed by atoms with Crippen LogP contribution >= 0.6 is 0 Å². The van der Waals surface area contributed by atoms with E-state index < -0.39 is 4.92 Å². The lowest BCUT2D eigenvalue weighted by atomic mass is 10.1. The average molecular weight is 235 g/mol. The Kier molecular flexibility index (Phi) is 4.39. The molecule has 0 aliphatic carbocycles. The Morgan fingerprint density at radius 3 is 2.76 bits per heavy atom. The Labute approximate surface area is 98.9 Å². The van der Waals surface area contributed by atoms with Crippen LogP contribution in [0.2, 0.25) is 0 Å². The van der Waals surface area contributed by atoms with Gasteiger partial charge in [0.2, 0.25) is 0 Å². The largest absolute Gasteiger partial charge is 0.462 e. The second-order valence-corrected chi connectivity index (χ2v) is 3.51. The summed E-state index contributed by atoms with van der Waals surface area (Å²) in [6, 6.07) is 4.82. The summed E-state index contributed by atoms with van der Waals surface area (Å²) in [6.07, 6.45) is 3.43. The molecule has 0 bridgehead atoms. The number of benzene rings is 1. The van der Waals surface area contributed by atoms with Gasteiger partial charge >= 0.3 is 5.97 Å². The Bertz CT molecular complexity index is 466. The van der Waals surface area contributed by atoms with E-state index >= 15 is 0 Å². The van der Waals surface area contributed by atoms with Crippen LogP contribution in [0.5, 0.6) is 0 Å². The van der Waals surface area contributed by atoms with Gasteiger partial charge in [-0.05, 0) is 30.7 Å². The number of carbonyl (C=O) groups is 1. The van der Waals surface area contributed by atoms with Crippen LogP contribution < -0.4 is 0 Å². The van der Waals surface area contributed by atoms with Crippen molar-refractivity contribution < 1.29 is 14.5 Å². The number of nitro benzene ring substituents is 1. The maximum absolute atomic E-state index is 10.6. The number of carbonyl (C=O) groups excluding carboxylic acids is 1. The number of hydrogen-bond acceptors (Lipinski definition) is 4. The van der Waals surface area contributed by atoms with Crippen LogP contribution in [0.15, 0.2) is 24.3 Å². The molecule has 0 atom stereocenters. The van der Waals surface area contributed by atoms with Crippen molar-refractivity contribution in [2.45, 2.75) is 13.8 Å². The van der Waals surface area contributed by atoms with Crippen LogP contribution in [-0.2, 0) is 9.53 Å². The molecule has 0 aliphatic heterocycles. The zero-order valence-corrected chi connectivity index (χ0v) is 9.67. The van der Waals surface area contributed by atoms with Crippen molar-refractivity contribution >= 4 is 17.7 Å². The Morgan fingerprint density at radius 2 is 2.24 bits per heavy atom. The first-order valence-corrected chi connectivity index (χ1v) is 5.05. The van der Waals surface area contributed by atoms with Crippen LogP contribution in [0.1, 0.15) is 18.1 Å². The topological polar surface area (TPSA) is 69.4 Å². The lowest BCUT2D eigenvalue weighted by Gasteiger charge is -1.99. The molecule has 0 heterocycles. The lowest BCUT2D eigenvalue weighted by molar-refractivity contribution is -0.385. The minimum absolute atomic E-state index is 0.0992. The van der Waals surface area contributed by atoms with Crippen molar-refractivity contribution in [2.24, 2.45) is 0 Å². The molecule has 0 fully saturated rings. The Balaban J connectivity index is 2.70. The first-order chi connectivity index (χ1) is 8.00.